The highest BCUT2D eigenvalue weighted by Gasteiger charge is 2.48. The molecule has 0 radical (unpaired) electrons. The average molecular weight is 461 g/mol. The maximum atomic E-state index is 13.4. The van der Waals surface area contributed by atoms with Crippen molar-refractivity contribution < 1.29 is 27.4 Å². The molecular formula is C25H32O6S. The molecule has 0 amide bonds. The maximum Gasteiger partial charge on any atom is 0.178 e. The molecule has 7 heteroatoms. The lowest BCUT2D eigenvalue weighted by atomic mass is 9.94. The highest BCUT2D eigenvalue weighted by Crippen LogP contribution is 2.37. The largest absolute Gasteiger partial charge is 0.378 e. The van der Waals surface area contributed by atoms with Crippen LogP contribution in [-0.4, -0.2) is 58.1 Å². The molecule has 0 bridgehead atoms. The zero-order chi connectivity index (χ0) is 22.9. The third kappa shape index (κ3) is 4.92. The van der Waals surface area contributed by atoms with Crippen LogP contribution in [0.15, 0.2) is 60.0 Å². The molecule has 2 heterocycles. The fourth-order valence-corrected chi connectivity index (χ4v) is 6.54. The molecular weight excluding hydrogens is 428 g/mol. The molecule has 0 saturated carbocycles. The Bertz CT molecular complexity index is 1060. The summed E-state index contributed by atoms with van der Waals surface area (Å²) >= 11 is 0. The lowest BCUT2D eigenvalue weighted by Crippen LogP contribution is -2.36. The van der Waals surface area contributed by atoms with Gasteiger partial charge in [0.1, 0.15) is 0 Å². The summed E-state index contributed by atoms with van der Waals surface area (Å²) in [5.74, 6) is -0.979. The van der Waals surface area contributed by atoms with E-state index in [-0.39, 0.29) is 36.1 Å². The summed E-state index contributed by atoms with van der Waals surface area (Å²) < 4.78 is 50.5. The second-order valence-electron chi connectivity index (χ2n) is 9.08. The van der Waals surface area contributed by atoms with E-state index in [1.807, 2.05) is 44.2 Å². The minimum absolute atomic E-state index is 0.0492. The normalized spacial score (nSPS) is 30.0. The van der Waals surface area contributed by atoms with Gasteiger partial charge in [0.05, 0.1) is 41.7 Å². The lowest BCUT2D eigenvalue weighted by Gasteiger charge is -2.24. The van der Waals surface area contributed by atoms with Crippen LogP contribution in [0.2, 0.25) is 0 Å². The third-order valence-electron chi connectivity index (χ3n) is 6.34. The maximum absolute atomic E-state index is 13.4. The lowest BCUT2D eigenvalue weighted by molar-refractivity contribution is -0.144. The van der Waals surface area contributed by atoms with E-state index in [0.717, 1.165) is 10.8 Å². The van der Waals surface area contributed by atoms with Crippen molar-refractivity contribution in [1.82, 2.24) is 0 Å². The van der Waals surface area contributed by atoms with Gasteiger partial charge >= 0.3 is 0 Å². The fraction of sp³-hybridized carbons (Fsp3) is 0.520. The molecule has 5 atom stereocenters. The van der Waals surface area contributed by atoms with Crippen LogP contribution in [0.25, 0.3) is 10.8 Å². The summed E-state index contributed by atoms with van der Waals surface area (Å²) in [5, 5.41) is 1.91. The van der Waals surface area contributed by atoms with Gasteiger partial charge in [0, 0.05) is 19.4 Å². The third-order valence-corrected chi connectivity index (χ3v) is 8.14. The number of methoxy groups -OCH3 is 1. The van der Waals surface area contributed by atoms with Crippen LogP contribution < -0.4 is 0 Å². The Balaban J connectivity index is 1.55. The van der Waals surface area contributed by atoms with Gasteiger partial charge in [-0.2, -0.15) is 0 Å². The number of fused-ring (bicyclic) bond motifs is 1. The first-order valence-electron chi connectivity index (χ1n) is 11.0. The molecule has 2 aromatic rings. The first-order chi connectivity index (χ1) is 15.2. The molecule has 2 aromatic carbocycles. The average Bonchev–Trinajstić information content (AvgIpc) is 3.26. The number of benzene rings is 2. The molecule has 0 N–H and O–H groups in total. The first-order valence-corrected chi connectivity index (χ1v) is 12.7. The predicted octanol–water partition coefficient (Wildman–Crippen LogP) is 4.13. The van der Waals surface area contributed by atoms with Gasteiger partial charge in [0.15, 0.2) is 15.6 Å². The summed E-state index contributed by atoms with van der Waals surface area (Å²) in [6.07, 6.45) is 1.88. The summed E-state index contributed by atoms with van der Waals surface area (Å²) in [4.78, 5) is 0.320. The van der Waals surface area contributed by atoms with Gasteiger partial charge in [-0.25, -0.2) is 8.42 Å². The van der Waals surface area contributed by atoms with Crippen LogP contribution in [0.1, 0.15) is 26.7 Å². The van der Waals surface area contributed by atoms with Crippen molar-refractivity contribution in [3.63, 3.8) is 0 Å². The first kappa shape index (κ1) is 23.4. The molecule has 6 nitrogen and oxygen atoms in total. The van der Waals surface area contributed by atoms with Crippen molar-refractivity contribution in [2.24, 2.45) is 5.92 Å². The monoisotopic (exact) mass is 460 g/mol. The molecule has 4 rings (SSSR count). The van der Waals surface area contributed by atoms with Gasteiger partial charge in [0.2, 0.25) is 0 Å². The zero-order valence-electron chi connectivity index (χ0n) is 18.9. The minimum Gasteiger partial charge on any atom is -0.378 e. The molecule has 0 spiro atoms. The topological polar surface area (TPSA) is 71.1 Å². The van der Waals surface area contributed by atoms with Crippen LogP contribution in [0.4, 0.5) is 0 Å². The second kappa shape index (κ2) is 9.23. The summed E-state index contributed by atoms with van der Waals surface area (Å²) in [7, 11) is -1.93. The quantitative estimate of drug-likeness (QED) is 0.552. The number of sulfone groups is 1. The smallest absolute Gasteiger partial charge is 0.178 e. The van der Waals surface area contributed by atoms with Crippen molar-refractivity contribution in [3.05, 3.63) is 55.1 Å². The standard InChI is InChI=1S/C25H32O6S/c1-5-8-22-21(24(28-4)23(30-22)14-19-15-29-25(2,3)31-19)16-32(26,27)20-12-11-17-9-6-7-10-18(17)13-20/h5-7,9-13,19,21-24H,1,8,14-16H2,2-4H3/t19-,21-,22-,23+,24+/m0/s1. The molecule has 0 aliphatic carbocycles. The van der Waals surface area contributed by atoms with Crippen molar-refractivity contribution >= 4 is 20.6 Å². The molecule has 2 fully saturated rings. The Morgan fingerprint density at radius 1 is 1.16 bits per heavy atom. The molecule has 174 valence electrons. The number of hydrogen-bond acceptors (Lipinski definition) is 6. The molecule has 2 aliphatic heterocycles. The van der Waals surface area contributed by atoms with E-state index in [1.165, 1.54) is 0 Å². The molecule has 0 unspecified atom stereocenters. The highest BCUT2D eigenvalue weighted by atomic mass is 32.2. The van der Waals surface area contributed by atoms with Gasteiger partial charge < -0.3 is 18.9 Å². The SMILES string of the molecule is C=CC[C@@H]1O[C@H](C[C@H]2COC(C)(C)O2)[C@H](OC)[C@H]1CS(=O)(=O)c1ccc2ccccc2c1. The Labute approximate surface area is 190 Å². The Morgan fingerprint density at radius 2 is 1.91 bits per heavy atom. The van der Waals surface area contributed by atoms with Crippen LogP contribution in [-0.2, 0) is 28.8 Å². The summed E-state index contributed by atoms with van der Waals surface area (Å²) in [6, 6.07) is 13.0. The van der Waals surface area contributed by atoms with E-state index in [9.17, 15) is 8.42 Å². The number of rotatable bonds is 8. The minimum atomic E-state index is -3.55. The van der Waals surface area contributed by atoms with E-state index in [0.29, 0.717) is 24.3 Å². The van der Waals surface area contributed by atoms with Crippen LogP contribution in [0.5, 0.6) is 0 Å². The van der Waals surface area contributed by atoms with Crippen LogP contribution in [0, 0.1) is 5.92 Å². The molecule has 32 heavy (non-hydrogen) atoms. The van der Waals surface area contributed by atoms with Crippen molar-refractivity contribution in [2.75, 3.05) is 19.5 Å². The number of ether oxygens (including phenoxy) is 4. The van der Waals surface area contributed by atoms with Crippen molar-refractivity contribution in [1.29, 1.82) is 0 Å². The Kier molecular flexibility index (Phi) is 6.75. The van der Waals surface area contributed by atoms with E-state index < -0.39 is 15.6 Å². The highest BCUT2D eigenvalue weighted by molar-refractivity contribution is 7.91. The molecule has 2 saturated heterocycles. The van der Waals surface area contributed by atoms with Gasteiger partial charge in [0.25, 0.3) is 0 Å². The summed E-state index contributed by atoms with van der Waals surface area (Å²) in [6.45, 7) is 8.08. The Hall–Kier alpha value is -1.77. The van der Waals surface area contributed by atoms with E-state index in [2.05, 4.69) is 6.58 Å². The van der Waals surface area contributed by atoms with E-state index >= 15 is 0 Å². The fourth-order valence-electron chi connectivity index (χ4n) is 4.85. The Morgan fingerprint density at radius 3 is 2.56 bits per heavy atom. The second-order valence-corrected chi connectivity index (χ2v) is 11.1. The van der Waals surface area contributed by atoms with Crippen molar-refractivity contribution in [2.45, 2.75) is 61.8 Å². The van der Waals surface area contributed by atoms with Crippen molar-refractivity contribution in [3.8, 4) is 0 Å². The molecule has 2 aliphatic rings. The van der Waals surface area contributed by atoms with Gasteiger partial charge in [-0.1, -0.05) is 36.4 Å². The van der Waals surface area contributed by atoms with Crippen LogP contribution >= 0.6 is 0 Å². The van der Waals surface area contributed by atoms with E-state index in [4.69, 9.17) is 18.9 Å². The van der Waals surface area contributed by atoms with E-state index in [1.54, 1.807) is 25.3 Å². The van der Waals surface area contributed by atoms with Gasteiger partial charge in [-0.05, 0) is 43.2 Å². The number of hydrogen-bond donors (Lipinski definition) is 0. The van der Waals surface area contributed by atoms with Gasteiger partial charge in [-0.15, -0.1) is 6.58 Å². The summed E-state index contributed by atoms with van der Waals surface area (Å²) in [5.41, 5.74) is 0. The molecule has 0 aromatic heterocycles. The van der Waals surface area contributed by atoms with Crippen LogP contribution in [0.3, 0.4) is 0 Å². The predicted molar refractivity (Wildman–Crippen MR) is 123 cm³/mol. The van der Waals surface area contributed by atoms with Gasteiger partial charge in [-0.3, -0.25) is 0 Å². The zero-order valence-corrected chi connectivity index (χ0v) is 19.7.